The maximum atomic E-state index is 14.8. The highest BCUT2D eigenvalue weighted by Gasteiger charge is 2.50. The van der Waals surface area contributed by atoms with E-state index in [1.165, 1.54) is 42.9 Å². The average molecular weight is 1000 g/mol. The number of aromatic amines is 1. The Kier molecular flexibility index (Phi) is 11.9. The molecule has 380 valence electrons. The van der Waals surface area contributed by atoms with Crippen LogP contribution in [0.15, 0.2) is 77.8 Å². The first-order chi connectivity index (χ1) is 34.7. The van der Waals surface area contributed by atoms with Crippen LogP contribution in [0, 0.1) is 27.4 Å². The topological polar surface area (TPSA) is 205 Å². The molecule has 1 amide bonds. The summed E-state index contributed by atoms with van der Waals surface area (Å²) in [5.41, 5.74) is 4.87. The Morgan fingerprint density at radius 2 is 1.76 bits per heavy atom. The van der Waals surface area contributed by atoms with Crippen LogP contribution in [-0.2, 0) is 21.2 Å². The van der Waals surface area contributed by atoms with E-state index in [2.05, 4.69) is 56.0 Å². The van der Waals surface area contributed by atoms with Crippen molar-refractivity contribution in [1.29, 1.82) is 0 Å². The van der Waals surface area contributed by atoms with E-state index in [4.69, 9.17) is 19.2 Å². The molecule has 12 rings (SSSR count). The van der Waals surface area contributed by atoms with Gasteiger partial charge in [0, 0.05) is 67.0 Å². The third kappa shape index (κ3) is 8.60. The van der Waals surface area contributed by atoms with Gasteiger partial charge < -0.3 is 39.4 Å². The molecule has 4 atom stereocenters. The fraction of sp³-hybridized carbons (Fsp3) is 0.519. The normalized spacial score (nSPS) is 27.2. The summed E-state index contributed by atoms with van der Waals surface area (Å²) in [6.45, 7) is 8.27. The lowest BCUT2D eigenvalue weighted by molar-refractivity contribution is -0.384. The van der Waals surface area contributed by atoms with Crippen molar-refractivity contribution < 1.29 is 37.5 Å². The average Bonchev–Trinajstić information content (AvgIpc) is 4.14. The van der Waals surface area contributed by atoms with Crippen molar-refractivity contribution in [2.45, 2.75) is 119 Å². The standard InChI is InChI=1S/C54H64N8O9S/c1-3-33-7-4-5-8-40(33)43-9-6-20-60(43)38-27-54(28-38)17-21-59(22-18-54)37-10-11-41(44(24-37)61-29-36-30-69-32-48(36)71-52-46(61)23-35-14-19-55-50(35)57-52)51(63)58-72(67,68)39-25-45(62(65)66)49-47(26-39)70-31-42(56-49)34-12-15-53(2,64)16-13-34/h4-5,7-8,10-11,14,19,23-26,34,36,38,42-43,48,56,64H,3,6,9,12-13,15-18,20-22,27-32H2,1-2H3,(H,55,57)(H,58,63)/t34?,36-,42-,43-,48-,53?/m0/s1. The molecule has 2 saturated carbocycles. The number of nitro groups is 1. The number of H-pyrrole nitrogens is 1. The van der Waals surface area contributed by atoms with Crippen LogP contribution in [0.5, 0.6) is 11.6 Å². The van der Waals surface area contributed by atoms with Crippen LogP contribution in [0.25, 0.3) is 11.0 Å². The molecule has 3 saturated heterocycles. The summed E-state index contributed by atoms with van der Waals surface area (Å²) in [6, 6.07) is 21.4. The lowest BCUT2D eigenvalue weighted by Crippen LogP contribution is -2.55. The molecule has 5 fully saturated rings. The molecule has 1 spiro atoms. The number of aliphatic hydroxyl groups is 1. The molecule has 4 N–H and O–H groups in total. The smallest absolute Gasteiger partial charge is 0.297 e. The number of aromatic nitrogens is 2. The van der Waals surface area contributed by atoms with Crippen molar-refractivity contribution in [2.75, 3.05) is 61.1 Å². The Bertz CT molecular complexity index is 3030. The third-order valence-electron chi connectivity index (χ3n) is 17.4. The molecule has 7 heterocycles. The molecule has 72 heavy (non-hydrogen) atoms. The first-order valence-electron chi connectivity index (χ1n) is 26.0. The zero-order valence-corrected chi connectivity index (χ0v) is 41.8. The van der Waals surface area contributed by atoms with Crippen molar-refractivity contribution in [1.82, 2.24) is 19.6 Å². The summed E-state index contributed by atoms with van der Waals surface area (Å²) in [6.07, 6.45) is 12.1. The van der Waals surface area contributed by atoms with Crippen molar-refractivity contribution in [3.8, 4) is 11.6 Å². The minimum absolute atomic E-state index is 0.0120. The Labute approximate surface area is 419 Å². The number of anilines is 4. The van der Waals surface area contributed by atoms with E-state index in [1.807, 2.05) is 42.3 Å². The highest BCUT2D eigenvalue weighted by molar-refractivity contribution is 7.90. The first-order valence-corrected chi connectivity index (χ1v) is 27.5. The van der Waals surface area contributed by atoms with Gasteiger partial charge in [-0.2, -0.15) is 4.98 Å². The van der Waals surface area contributed by atoms with Crippen LogP contribution < -0.4 is 29.3 Å². The van der Waals surface area contributed by atoms with Gasteiger partial charge in [0.1, 0.15) is 24.0 Å². The van der Waals surface area contributed by atoms with Crippen molar-refractivity contribution >= 4 is 55.4 Å². The molecule has 5 aliphatic heterocycles. The number of carbonyl (C=O) groups excluding carboxylic acids is 1. The number of ether oxygens (including phenoxy) is 3. The third-order valence-corrected chi connectivity index (χ3v) is 18.7. The van der Waals surface area contributed by atoms with Crippen LogP contribution in [0.4, 0.5) is 28.4 Å². The van der Waals surface area contributed by atoms with E-state index in [1.54, 1.807) is 6.07 Å². The minimum atomic E-state index is -4.70. The minimum Gasteiger partial charge on any atom is -0.489 e. The van der Waals surface area contributed by atoms with Gasteiger partial charge in [-0.05, 0) is 137 Å². The summed E-state index contributed by atoms with van der Waals surface area (Å²) in [5.74, 6) is -0.503. The first kappa shape index (κ1) is 47.1. The fourth-order valence-corrected chi connectivity index (χ4v) is 14.2. The highest BCUT2D eigenvalue weighted by atomic mass is 32.2. The number of nitrogens with one attached hydrogen (secondary N) is 3. The number of hydrogen-bond donors (Lipinski definition) is 4. The number of carbonyl (C=O) groups is 1. The molecule has 3 aromatic carbocycles. The highest BCUT2D eigenvalue weighted by Crippen LogP contribution is 2.55. The number of aryl methyl sites for hydroxylation is 1. The number of piperidine rings is 1. The van der Waals surface area contributed by atoms with E-state index in [9.17, 15) is 28.4 Å². The van der Waals surface area contributed by atoms with E-state index in [0.717, 1.165) is 56.0 Å². The summed E-state index contributed by atoms with van der Waals surface area (Å²) < 4.78 is 49.6. The van der Waals surface area contributed by atoms with Crippen LogP contribution in [0.3, 0.4) is 0 Å². The van der Waals surface area contributed by atoms with E-state index in [-0.39, 0.29) is 53.0 Å². The number of rotatable bonds is 10. The fourth-order valence-electron chi connectivity index (χ4n) is 13.2. The van der Waals surface area contributed by atoms with Crippen LogP contribution >= 0.6 is 0 Å². The second-order valence-electron chi connectivity index (χ2n) is 21.9. The molecule has 0 bridgehead atoms. The van der Waals surface area contributed by atoms with Crippen LogP contribution in [-0.4, -0.2) is 109 Å². The number of nitrogens with zero attached hydrogens (tertiary/aromatic N) is 5. The SMILES string of the molecule is CCc1ccccc1[C@@H]1CCCN1C1CC2(CCN(c3ccc(C(=O)NS(=O)(=O)c4cc5c(c([N+](=O)[O-])c4)N[C@H](C4CCC(C)(O)CC4)CO5)c(N4C[C@H]5COC[C@@H]5Oc5nc6[nH]ccc6cc54)c3)CC2)C1. The lowest BCUT2D eigenvalue weighted by Gasteiger charge is -2.56. The number of fused-ring (bicyclic) bond motifs is 4. The molecule has 2 aromatic heterocycles. The summed E-state index contributed by atoms with van der Waals surface area (Å²) in [4.78, 5) is 41.5. The van der Waals surface area contributed by atoms with Gasteiger partial charge in [-0.25, -0.2) is 13.1 Å². The molecular formula is C54H64N8O9S. The lowest BCUT2D eigenvalue weighted by atomic mass is 9.59. The van der Waals surface area contributed by atoms with Gasteiger partial charge in [0.2, 0.25) is 5.88 Å². The van der Waals surface area contributed by atoms with Gasteiger partial charge in [0.05, 0.1) is 45.9 Å². The van der Waals surface area contributed by atoms with Crippen LogP contribution in [0.2, 0.25) is 0 Å². The van der Waals surface area contributed by atoms with Gasteiger partial charge in [0.15, 0.2) is 11.4 Å². The second kappa shape index (κ2) is 18.2. The Hall–Kier alpha value is -5.95. The van der Waals surface area contributed by atoms with Gasteiger partial charge in [-0.3, -0.25) is 19.8 Å². The number of amides is 1. The molecule has 0 radical (unpaired) electrons. The Morgan fingerprint density at radius 3 is 2.56 bits per heavy atom. The maximum absolute atomic E-state index is 14.8. The maximum Gasteiger partial charge on any atom is 0.297 e. The molecule has 17 nitrogen and oxygen atoms in total. The largest absolute Gasteiger partial charge is 0.489 e. The number of hydrogen-bond acceptors (Lipinski definition) is 14. The molecule has 5 aromatic rings. The molecule has 7 aliphatic rings. The van der Waals surface area contributed by atoms with Gasteiger partial charge in [0.25, 0.3) is 21.6 Å². The number of likely N-dealkylation sites (tertiary alicyclic amines) is 1. The number of pyridine rings is 1. The van der Waals surface area contributed by atoms with Gasteiger partial charge in [-0.1, -0.05) is 31.2 Å². The second-order valence-corrected chi connectivity index (χ2v) is 23.6. The molecular weight excluding hydrogens is 937 g/mol. The zero-order chi connectivity index (χ0) is 49.5. The summed E-state index contributed by atoms with van der Waals surface area (Å²) in [7, 11) is -4.70. The van der Waals surface area contributed by atoms with E-state index in [0.29, 0.717) is 80.4 Å². The van der Waals surface area contributed by atoms with Crippen molar-refractivity contribution in [2.24, 2.45) is 17.3 Å². The molecule has 18 heteroatoms. The summed E-state index contributed by atoms with van der Waals surface area (Å²) >= 11 is 0. The number of nitro benzene ring substituents is 1. The molecule has 0 unspecified atom stereocenters. The number of benzene rings is 3. The van der Waals surface area contributed by atoms with Gasteiger partial charge >= 0.3 is 0 Å². The van der Waals surface area contributed by atoms with Crippen molar-refractivity contribution in [3.63, 3.8) is 0 Å². The predicted octanol–water partition coefficient (Wildman–Crippen LogP) is 8.40. The summed E-state index contributed by atoms with van der Waals surface area (Å²) in [5, 5.41) is 27.2. The monoisotopic (exact) mass is 1000 g/mol. The zero-order valence-electron chi connectivity index (χ0n) is 41.0. The quantitative estimate of drug-likeness (QED) is 0.0767. The van der Waals surface area contributed by atoms with E-state index < -0.39 is 37.0 Å². The predicted molar refractivity (Wildman–Crippen MR) is 273 cm³/mol. The number of sulfonamides is 1. The Balaban J connectivity index is 0.829. The van der Waals surface area contributed by atoms with Crippen LogP contribution in [0.1, 0.15) is 106 Å². The Morgan fingerprint density at radius 1 is 0.958 bits per heavy atom. The molecule has 2 aliphatic carbocycles. The van der Waals surface area contributed by atoms with Crippen molar-refractivity contribution in [3.05, 3.63) is 99.7 Å². The van der Waals surface area contributed by atoms with Gasteiger partial charge in [-0.15, -0.1) is 0 Å². The van der Waals surface area contributed by atoms with E-state index >= 15 is 0 Å².